The van der Waals surface area contributed by atoms with E-state index in [0.717, 1.165) is 11.0 Å². The van der Waals surface area contributed by atoms with Gasteiger partial charge in [-0.05, 0) is 35.8 Å². The predicted molar refractivity (Wildman–Crippen MR) is 72.6 cm³/mol. The van der Waals surface area contributed by atoms with Gasteiger partial charge in [0.05, 0.1) is 20.0 Å². The second-order valence-corrected chi connectivity index (χ2v) is 5.35. The van der Waals surface area contributed by atoms with Gasteiger partial charge in [0.15, 0.2) is 0 Å². The molecule has 2 N–H and O–H groups in total. The van der Waals surface area contributed by atoms with E-state index in [9.17, 15) is 0 Å². The molecular formula is C10H10BrCl2N3. The molecule has 0 saturated heterocycles. The van der Waals surface area contributed by atoms with Gasteiger partial charge in [-0.25, -0.2) is 4.98 Å². The lowest BCUT2D eigenvalue weighted by Crippen LogP contribution is -2.10. The molecule has 1 aromatic heterocycles. The van der Waals surface area contributed by atoms with E-state index in [-0.39, 0.29) is 0 Å². The van der Waals surface area contributed by atoms with Crippen molar-refractivity contribution in [3.63, 3.8) is 0 Å². The van der Waals surface area contributed by atoms with Crippen molar-refractivity contribution in [2.75, 3.05) is 5.32 Å². The van der Waals surface area contributed by atoms with Gasteiger partial charge in [0.2, 0.25) is 5.95 Å². The van der Waals surface area contributed by atoms with Crippen molar-refractivity contribution < 1.29 is 0 Å². The Bertz CT molecular complexity index is 536. The van der Waals surface area contributed by atoms with Crippen LogP contribution in [-0.4, -0.2) is 16.0 Å². The van der Waals surface area contributed by atoms with Crippen LogP contribution in [0.2, 0.25) is 10.0 Å². The highest BCUT2D eigenvalue weighted by molar-refractivity contribution is 9.10. The molecular weight excluding hydrogens is 313 g/mol. The van der Waals surface area contributed by atoms with Crippen LogP contribution >= 0.6 is 39.1 Å². The second-order valence-electron chi connectivity index (χ2n) is 3.77. The van der Waals surface area contributed by atoms with Crippen LogP contribution in [0.25, 0.3) is 11.0 Å². The standard InChI is InChI=1S/C10H10BrCl2N3/c1-4(2)14-10-15-6-3-5(12)8(13)7(11)9(6)16-10/h3-4H,1-2H3,(H2,14,15,16). The summed E-state index contributed by atoms with van der Waals surface area (Å²) in [6.07, 6.45) is 0. The number of hydrogen-bond acceptors (Lipinski definition) is 2. The van der Waals surface area contributed by atoms with Crippen LogP contribution in [0.15, 0.2) is 10.5 Å². The van der Waals surface area contributed by atoms with Gasteiger partial charge < -0.3 is 10.3 Å². The number of nitrogens with zero attached hydrogens (tertiary/aromatic N) is 1. The lowest BCUT2D eigenvalue weighted by Gasteiger charge is -2.04. The molecule has 86 valence electrons. The first-order valence-corrected chi connectivity index (χ1v) is 6.33. The third-order valence-electron chi connectivity index (χ3n) is 2.04. The molecule has 0 spiro atoms. The number of imidazole rings is 1. The molecule has 0 amide bonds. The van der Waals surface area contributed by atoms with Crippen molar-refractivity contribution in [1.29, 1.82) is 0 Å². The van der Waals surface area contributed by atoms with Gasteiger partial charge in [0.1, 0.15) is 5.52 Å². The highest BCUT2D eigenvalue weighted by atomic mass is 79.9. The molecule has 0 aliphatic heterocycles. The topological polar surface area (TPSA) is 40.7 Å². The molecule has 0 saturated carbocycles. The first-order valence-electron chi connectivity index (χ1n) is 4.78. The van der Waals surface area contributed by atoms with E-state index in [2.05, 4.69) is 31.2 Å². The largest absolute Gasteiger partial charge is 0.354 e. The number of aromatic nitrogens is 2. The van der Waals surface area contributed by atoms with E-state index in [4.69, 9.17) is 23.2 Å². The van der Waals surface area contributed by atoms with Gasteiger partial charge >= 0.3 is 0 Å². The second kappa shape index (κ2) is 4.43. The normalized spacial score (nSPS) is 11.4. The van der Waals surface area contributed by atoms with E-state index in [1.54, 1.807) is 6.07 Å². The number of aromatic amines is 1. The number of benzene rings is 1. The van der Waals surface area contributed by atoms with E-state index in [1.807, 2.05) is 13.8 Å². The van der Waals surface area contributed by atoms with E-state index in [0.29, 0.717) is 26.5 Å². The molecule has 0 bridgehead atoms. The monoisotopic (exact) mass is 321 g/mol. The van der Waals surface area contributed by atoms with Crippen molar-refractivity contribution in [1.82, 2.24) is 9.97 Å². The summed E-state index contributed by atoms with van der Waals surface area (Å²) in [5.41, 5.74) is 1.63. The Hall–Kier alpha value is -0.450. The first kappa shape index (κ1) is 12.0. The zero-order valence-electron chi connectivity index (χ0n) is 8.74. The Morgan fingerprint density at radius 2 is 2.12 bits per heavy atom. The van der Waals surface area contributed by atoms with Crippen LogP contribution in [0.3, 0.4) is 0 Å². The summed E-state index contributed by atoms with van der Waals surface area (Å²) in [5, 5.41) is 4.17. The van der Waals surface area contributed by atoms with Crippen LogP contribution in [0.5, 0.6) is 0 Å². The van der Waals surface area contributed by atoms with Crippen molar-refractivity contribution in [3.8, 4) is 0 Å². The quantitative estimate of drug-likeness (QED) is 0.802. The highest BCUT2D eigenvalue weighted by Crippen LogP contribution is 2.36. The summed E-state index contributed by atoms with van der Waals surface area (Å²) in [6, 6.07) is 2.08. The number of nitrogens with one attached hydrogen (secondary N) is 2. The van der Waals surface area contributed by atoms with Crippen LogP contribution in [0.1, 0.15) is 13.8 Å². The summed E-state index contributed by atoms with van der Waals surface area (Å²) in [6.45, 7) is 4.09. The van der Waals surface area contributed by atoms with Gasteiger partial charge in [0, 0.05) is 6.04 Å². The van der Waals surface area contributed by atoms with Crippen LogP contribution in [0.4, 0.5) is 5.95 Å². The van der Waals surface area contributed by atoms with Gasteiger partial charge in [0.25, 0.3) is 0 Å². The lowest BCUT2D eigenvalue weighted by atomic mass is 10.3. The number of halogens is 3. The first-order chi connectivity index (χ1) is 7.49. The van der Waals surface area contributed by atoms with E-state index < -0.39 is 0 Å². The van der Waals surface area contributed by atoms with Crippen LogP contribution < -0.4 is 5.32 Å². The molecule has 3 nitrogen and oxygen atoms in total. The minimum absolute atomic E-state index is 0.310. The number of H-pyrrole nitrogens is 1. The zero-order valence-corrected chi connectivity index (χ0v) is 11.8. The maximum Gasteiger partial charge on any atom is 0.201 e. The molecule has 0 aliphatic rings. The van der Waals surface area contributed by atoms with E-state index >= 15 is 0 Å². The van der Waals surface area contributed by atoms with Crippen LogP contribution in [-0.2, 0) is 0 Å². The third kappa shape index (κ3) is 2.14. The fourth-order valence-electron chi connectivity index (χ4n) is 1.40. The Morgan fingerprint density at radius 3 is 2.75 bits per heavy atom. The number of anilines is 1. The van der Waals surface area contributed by atoms with Gasteiger partial charge in [-0.3, -0.25) is 0 Å². The fourth-order valence-corrected chi connectivity index (χ4v) is 2.38. The predicted octanol–water partition coefficient (Wildman–Crippen LogP) is 4.45. The smallest absolute Gasteiger partial charge is 0.201 e. The van der Waals surface area contributed by atoms with Gasteiger partial charge in [-0.2, -0.15) is 0 Å². The SMILES string of the molecule is CC(C)Nc1nc2c(Br)c(Cl)c(Cl)cc2[nH]1. The van der Waals surface area contributed by atoms with E-state index in [1.165, 1.54) is 0 Å². The third-order valence-corrected chi connectivity index (χ3v) is 3.83. The zero-order chi connectivity index (χ0) is 11.9. The average molecular weight is 323 g/mol. The Balaban J connectivity index is 2.57. The van der Waals surface area contributed by atoms with Gasteiger partial charge in [-0.1, -0.05) is 23.2 Å². The minimum atomic E-state index is 0.310. The Labute approximate surface area is 112 Å². The lowest BCUT2D eigenvalue weighted by molar-refractivity contribution is 0.883. The van der Waals surface area contributed by atoms with Crippen molar-refractivity contribution in [3.05, 3.63) is 20.6 Å². The molecule has 2 aromatic rings. The highest BCUT2D eigenvalue weighted by Gasteiger charge is 2.12. The molecule has 0 atom stereocenters. The molecule has 0 aliphatic carbocycles. The molecule has 0 radical (unpaired) electrons. The molecule has 0 fully saturated rings. The molecule has 1 heterocycles. The Morgan fingerprint density at radius 1 is 1.44 bits per heavy atom. The molecule has 1 aromatic carbocycles. The van der Waals surface area contributed by atoms with Crippen molar-refractivity contribution >= 4 is 56.1 Å². The minimum Gasteiger partial charge on any atom is -0.354 e. The molecule has 6 heteroatoms. The summed E-state index contributed by atoms with van der Waals surface area (Å²) >= 11 is 15.4. The summed E-state index contributed by atoms with van der Waals surface area (Å²) in [7, 11) is 0. The number of fused-ring (bicyclic) bond motifs is 1. The molecule has 16 heavy (non-hydrogen) atoms. The summed E-state index contributed by atoms with van der Waals surface area (Å²) < 4.78 is 0.713. The van der Waals surface area contributed by atoms with Crippen molar-refractivity contribution in [2.45, 2.75) is 19.9 Å². The fraction of sp³-hybridized carbons (Fsp3) is 0.300. The summed E-state index contributed by atoms with van der Waals surface area (Å²) in [5.74, 6) is 0.712. The van der Waals surface area contributed by atoms with Crippen molar-refractivity contribution in [2.24, 2.45) is 0 Å². The molecule has 0 unspecified atom stereocenters. The summed E-state index contributed by atoms with van der Waals surface area (Å²) in [4.78, 5) is 7.54. The van der Waals surface area contributed by atoms with Gasteiger partial charge in [-0.15, -0.1) is 0 Å². The molecule has 2 rings (SSSR count). The average Bonchev–Trinajstić information content (AvgIpc) is 2.56. The maximum atomic E-state index is 6.02. The number of hydrogen-bond donors (Lipinski definition) is 2. The maximum absolute atomic E-state index is 6.02. The Kier molecular flexibility index (Phi) is 3.33. The number of rotatable bonds is 2. The van der Waals surface area contributed by atoms with Crippen LogP contribution in [0, 0.1) is 0 Å².